The highest BCUT2D eigenvalue weighted by Crippen LogP contribution is 2.29. The molecule has 0 aliphatic rings. The molecule has 0 aliphatic heterocycles. The second-order valence-corrected chi connectivity index (χ2v) is 3.67. The second kappa shape index (κ2) is 3.91. The summed E-state index contributed by atoms with van der Waals surface area (Å²) in [6.07, 6.45) is 0.767. The Hall–Kier alpha value is -1.54. The fourth-order valence-corrected chi connectivity index (χ4v) is 1.67. The lowest BCUT2D eigenvalue weighted by molar-refractivity contribution is 0.112. The quantitative estimate of drug-likeness (QED) is 0.722. The number of aldehydes is 1. The van der Waals surface area contributed by atoms with Gasteiger partial charge in [0.2, 0.25) is 0 Å². The average molecular weight is 221 g/mol. The van der Waals surface area contributed by atoms with Gasteiger partial charge in [-0.15, -0.1) is 0 Å². The molecule has 0 amide bonds. The molecule has 0 spiro atoms. The van der Waals surface area contributed by atoms with Gasteiger partial charge in [-0.1, -0.05) is 17.7 Å². The molecular formula is C12H9ClO2. The van der Waals surface area contributed by atoms with Crippen molar-refractivity contribution in [2.75, 3.05) is 0 Å². The fraction of sp³-hybridized carbons (Fsp3) is 0.0833. The molecule has 15 heavy (non-hydrogen) atoms. The first-order valence-corrected chi connectivity index (χ1v) is 4.90. The maximum atomic E-state index is 10.5. The van der Waals surface area contributed by atoms with Crippen molar-refractivity contribution in [3.8, 4) is 11.3 Å². The molecule has 0 atom stereocenters. The number of hydrogen-bond donors (Lipinski definition) is 0. The smallest absolute Gasteiger partial charge is 0.150 e. The predicted molar refractivity (Wildman–Crippen MR) is 59.3 cm³/mol. The molecule has 1 aromatic heterocycles. The van der Waals surface area contributed by atoms with Gasteiger partial charge in [0.05, 0.1) is 5.02 Å². The van der Waals surface area contributed by atoms with Gasteiger partial charge in [0.15, 0.2) is 0 Å². The highest BCUT2D eigenvalue weighted by molar-refractivity contribution is 6.33. The van der Waals surface area contributed by atoms with Crippen LogP contribution in [0.25, 0.3) is 11.3 Å². The topological polar surface area (TPSA) is 30.2 Å². The zero-order valence-electron chi connectivity index (χ0n) is 8.16. The summed E-state index contributed by atoms with van der Waals surface area (Å²) in [5.41, 5.74) is 1.36. The molecule has 0 fully saturated rings. The summed E-state index contributed by atoms with van der Waals surface area (Å²) >= 11 is 6.03. The maximum absolute atomic E-state index is 10.5. The van der Waals surface area contributed by atoms with Gasteiger partial charge in [0.25, 0.3) is 0 Å². The van der Waals surface area contributed by atoms with Gasteiger partial charge in [0.1, 0.15) is 17.8 Å². The molecule has 2 aromatic rings. The Bertz CT molecular complexity index is 500. The lowest BCUT2D eigenvalue weighted by Gasteiger charge is -2.01. The molecular weight excluding hydrogens is 212 g/mol. The Morgan fingerprint density at radius 1 is 1.27 bits per heavy atom. The number of halogens is 1. The van der Waals surface area contributed by atoms with E-state index < -0.39 is 0 Å². The summed E-state index contributed by atoms with van der Waals surface area (Å²) in [5, 5.41) is 0.522. The Balaban J connectivity index is 2.49. The highest BCUT2D eigenvalue weighted by Gasteiger charge is 2.07. The molecule has 1 heterocycles. The van der Waals surface area contributed by atoms with E-state index in [0.717, 1.165) is 23.4 Å². The number of rotatable bonds is 2. The lowest BCUT2D eigenvalue weighted by Crippen LogP contribution is -1.82. The van der Waals surface area contributed by atoms with E-state index in [1.54, 1.807) is 18.2 Å². The van der Waals surface area contributed by atoms with Crippen LogP contribution in [0.2, 0.25) is 5.02 Å². The molecule has 0 unspecified atom stereocenters. The van der Waals surface area contributed by atoms with Gasteiger partial charge in [-0.05, 0) is 31.2 Å². The zero-order valence-corrected chi connectivity index (χ0v) is 8.91. The minimum Gasteiger partial charge on any atom is -0.461 e. The van der Waals surface area contributed by atoms with Gasteiger partial charge in [0, 0.05) is 11.1 Å². The summed E-state index contributed by atoms with van der Waals surface area (Å²) in [7, 11) is 0. The number of furan rings is 1. The SMILES string of the molecule is Cc1ccc(-c2ccc(C=O)cc2Cl)o1. The Labute approximate surface area is 92.5 Å². The van der Waals surface area contributed by atoms with Crippen LogP contribution in [-0.4, -0.2) is 6.29 Å². The number of hydrogen-bond acceptors (Lipinski definition) is 2. The molecule has 0 aliphatic carbocycles. The third-order valence-electron chi connectivity index (χ3n) is 2.14. The van der Waals surface area contributed by atoms with E-state index in [-0.39, 0.29) is 0 Å². The van der Waals surface area contributed by atoms with Crippen molar-refractivity contribution in [1.82, 2.24) is 0 Å². The fourth-order valence-electron chi connectivity index (χ4n) is 1.38. The van der Waals surface area contributed by atoms with Crippen molar-refractivity contribution in [1.29, 1.82) is 0 Å². The van der Waals surface area contributed by atoms with Crippen molar-refractivity contribution in [2.45, 2.75) is 6.92 Å². The minimum atomic E-state index is 0.522. The molecule has 0 N–H and O–H groups in total. The van der Waals surface area contributed by atoms with E-state index >= 15 is 0 Å². The summed E-state index contributed by atoms with van der Waals surface area (Å²) in [6, 6.07) is 8.86. The van der Waals surface area contributed by atoms with E-state index in [1.165, 1.54) is 0 Å². The van der Waals surface area contributed by atoms with Crippen LogP contribution in [0.4, 0.5) is 0 Å². The van der Waals surface area contributed by atoms with E-state index in [1.807, 2.05) is 19.1 Å². The van der Waals surface area contributed by atoms with Crippen LogP contribution in [0.1, 0.15) is 16.1 Å². The van der Waals surface area contributed by atoms with Crippen LogP contribution in [0.3, 0.4) is 0 Å². The molecule has 0 saturated carbocycles. The van der Waals surface area contributed by atoms with Gasteiger partial charge in [-0.3, -0.25) is 4.79 Å². The molecule has 0 radical (unpaired) electrons. The molecule has 3 heteroatoms. The van der Waals surface area contributed by atoms with Gasteiger partial charge < -0.3 is 4.42 Å². The lowest BCUT2D eigenvalue weighted by atomic mass is 10.1. The number of benzene rings is 1. The van der Waals surface area contributed by atoms with Crippen molar-refractivity contribution in [3.63, 3.8) is 0 Å². The number of carbonyl (C=O) groups is 1. The monoisotopic (exact) mass is 220 g/mol. The van der Waals surface area contributed by atoms with Crippen LogP contribution in [-0.2, 0) is 0 Å². The van der Waals surface area contributed by atoms with Crippen LogP contribution in [0, 0.1) is 6.92 Å². The van der Waals surface area contributed by atoms with E-state index in [9.17, 15) is 4.79 Å². The van der Waals surface area contributed by atoms with Crippen molar-refractivity contribution in [2.24, 2.45) is 0 Å². The summed E-state index contributed by atoms with van der Waals surface area (Å²) in [4.78, 5) is 10.5. The third kappa shape index (κ3) is 1.95. The molecule has 2 rings (SSSR count). The average Bonchev–Trinajstić information content (AvgIpc) is 2.64. The van der Waals surface area contributed by atoms with Crippen molar-refractivity contribution in [3.05, 3.63) is 46.7 Å². The van der Waals surface area contributed by atoms with E-state index in [4.69, 9.17) is 16.0 Å². The Morgan fingerprint density at radius 3 is 2.60 bits per heavy atom. The summed E-state index contributed by atoms with van der Waals surface area (Å²) < 4.78 is 5.45. The van der Waals surface area contributed by atoms with Crippen LogP contribution >= 0.6 is 11.6 Å². The van der Waals surface area contributed by atoms with Gasteiger partial charge in [-0.2, -0.15) is 0 Å². The third-order valence-corrected chi connectivity index (χ3v) is 2.45. The first-order valence-electron chi connectivity index (χ1n) is 4.52. The van der Waals surface area contributed by atoms with Gasteiger partial charge >= 0.3 is 0 Å². The van der Waals surface area contributed by atoms with Crippen LogP contribution in [0.5, 0.6) is 0 Å². The zero-order chi connectivity index (χ0) is 10.8. The number of carbonyl (C=O) groups excluding carboxylic acids is 1. The van der Waals surface area contributed by atoms with Gasteiger partial charge in [-0.25, -0.2) is 0 Å². The van der Waals surface area contributed by atoms with Crippen molar-refractivity contribution < 1.29 is 9.21 Å². The highest BCUT2D eigenvalue weighted by atomic mass is 35.5. The maximum Gasteiger partial charge on any atom is 0.150 e. The Morgan fingerprint density at radius 2 is 2.07 bits per heavy atom. The summed E-state index contributed by atoms with van der Waals surface area (Å²) in [5.74, 6) is 1.55. The van der Waals surface area contributed by atoms with E-state index in [2.05, 4.69) is 0 Å². The minimum absolute atomic E-state index is 0.522. The molecule has 0 bridgehead atoms. The van der Waals surface area contributed by atoms with Crippen molar-refractivity contribution >= 4 is 17.9 Å². The Kier molecular flexibility index (Phi) is 2.60. The van der Waals surface area contributed by atoms with Crippen LogP contribution < -0.4 is 0 Å². The summed E-state index contributed by atoms with van der Waals surface area (Å²) in [6.45, 7) is 1.87. The number of aryl methyl sites for hydroxylation is 1. The molecule has 76 valence electrons. The molecule has 1 aromatic carbocycles. The first kappa shape index (κ1) is 9.99. The normalized spacial score (nSPS) is 10.3. The standard InChI is InChI=1S/C12H9ClO2/c1-8-2-5-12(15-8)10-4-3-9(7-14)6-11(10)13/h2-7H,1H3. The molecule has 2 nitrogen and oxygen atoms in total. The predicted octanol–water partition coefficient (Wildman–Crippen LogP) is 3.72. The second-order valence-electron chi connectivity index (χ2n) is 3.27. The molecule has 0 saturated heterocycles. The van der Waals surface area contributed by atoms with Crippen LogP contribution in [0.15, 0.2) is 34.7 Å². The first-order chi connectivity index (χ1) is 7.20. The van der Waals surface area contributed by atoms with E-state index in [0.29, 0.717) is 10.6 Å². The largest absolute Gasteiger partial charge is 0.461 e.